The highest BCUT2D eigenvalue weighted by Gasteiger charge is 2.26. The lowest BCUT2D eigenvalue weighted by molar-refractivity contribution is 0.414. The largest absolute Gasteiger partial charge is 0.497 e. The van der Waals surface area contributed by atoms with E-state index in [0.29, 0.717) is 11.8 Å². The number of rotatable bonds is 12. The molecule has 7 rings (SSSR count). The predicted molar refractivity (Wildman–Crippen MR) is 215 cm³/mol. The molecule has 1 unspecified atom stereocenters. The Bertz CT molecular complexity index is 2340. The van der Waals surface area contributed by atoms with Crippen molar-refractivity contribution in [2.75, 3.05) is 7.11 Å². The first-order chi connectivity index (χ1) is 25.2. The van der Waals surface area contributed by atoms with E-state index < -0.39 is 0 Å². The Morgan fingerprint density at radius 2 is 1.38 bits per heavy atom. The smallest absolute Gasteiger partial charge is 0.141 e. The third-order valence-electron chi connectivity index (χ3n) is 10.9. The Morgan fingerprint density at radius 1 is 0.692 bits per heavy atom. The highest BCUT2D eigenvalue weighted by atomic mass is 16.5. The van der Waals surface area contributed by atoms with Crippen molar-refractivity contribution >= 4 is 21.8 Å². The summed E-state index contributed by atoms with van der Waals surface area (Å²) in [7, 11) is 1.68. The maximum absolute atomic E-state index is 6.57. The normalized spacial score (nSPS) is 12.8. The van der Waals surface area contributed by atoms with Crippen LogP contribution >= 0.6 is 0 Å². The van der Waals surface area contributed by atoms with E-state index in [2.05, 4.69) is 114 Å². The van der Waals surface area contributed by atoms with Gasteiger partial charge < -0.3 is 9.47 Å². The zero-order chi connectivity index (χ0) is 36.5. The van der Waals surface area contributed by atoms with Gasteiger partial charge in [0.1, 0.15) is 23.1 Å². The van der Waals surface area contributed by atoms with Crippen LogP contribution in [-0.4, -0.2) is 26.4 Å². The summed E-state index contributed by atoms with van der Waals surface area (Å²) >= 11 is 0. The van der Waals surface area contributed by atoms with Crippen LogP contribution in [0.2, 0.25) is 0 Å². The molecule has 7 aromatic rings. The first kappa shape index (κ1) is 35.1. The van der Waals surface area contributed by atoms with Gasteiger partial charge in [0.25, 0.3) is 0 Å². The fourth-order valence-corrected chi connectivity index (χ4v) is 8.23. The summed E-state index contributed by atoms with van der Waals surface area (Å²) in [6, 6.07) is 26.7. The van der Waals surface area contributed by atoms with Gasteiger partial charge in [0, 0.05) is 46.9 Å². The lowest BCUT2D eigenvalue weighted by atomic mass is 9.76. The SMILES string of the molecule is CCCC(C)c1c(C)c(C)c(C)c([C@H](C)CCC)c1-c1cnn(-c2cccc(Oc3ccc4c5ccccc5n(-c5cc(OC)ccn5)c4c3)c2)c1. The van der Waals surface area contributed by atoms with Gasteiger partial charge >= 0.3 is 0 Å². The summed E-state index contributed by atoms with van der Waals surface area (Å²) < 4.78 is 16.3. The van der Waals surface area contributed by atoms with Crippen LogP contribution in [0.15, 0.2) is 97.5 Å². The topological polar surface area (TPSA) is 54.1 Å². The van der Waals surface area contributed by atoms with Crippen LogP contribution in [0.3, 0.4) is 0 Å². The lowest BCUT2D eigenvalue weighted by Gasteiger charge is -2.28. The summed E-state index contributed by atoms with van der Waals surface area (Å²) in [4.78, 5) is 4.71. The number of pyridine rings is 1. The van der Waals surface area contributed by atoms with Crippen molar-refractivity contribution < 1.29 is 9.47 Å². The predicted octanol–water partition coefficient (Wildman–Crippen LogP) is 12.6. The van der Waals surface area contributed by atoms with Gasteiger partial charge in [-0.2, -0.15) is 5.10 Å². The van der Waals surface area contributed by atoms with Crippen molar-refractivity contribution in [1.29, 1.82) is 0 Å². The number of methoxy groups -OCH3 is 1. The van der Waals surface area contributed by atoms with Crippen molar-refractivity contribution in [3.8, 4) is 39.9 Å². The molecule has 0 N–H and O–H groups in total. The van der Waals surface area contributed by atoms with Crippen LogP contribution in [0.25, 0.3) is 44.4 Å². The number of aromatic nitrogens is 4. The van der Waals surface area contributed by atoms with Crippen LogP contribution < -0.4 is 9.47 Å². The Balaban J connectivity index is 1.27. The Labute approximate surface area is 308 Å². The number of ether oxygens (including phenoxy) is 2. The molecule has 0 saturated carbocycles. The lowest BCUT2D eigenvalue weighted by Crippen LogP contribution is -2.10. The summed E-state index contributed by atoms with van der Waals surface area (Å²) in [5, 5.41) is 7.24. The second-order valence-corrected chi connectivity index (χ2v) is 14.3. The van der Waals surface area contributed by atoms with Gasteiger partial charge in [0.15, 0.2) is 0 Å². The molecule has 266 valence electrons. The van der Waals surface area contributed by atoms with Crippen molar-refractivity contribution in [3.63, 3.8) is 0 Å². The average Bonchev–Trinajstić information content (AvgIpc) is 3.77. The summed E-state index contributed by atoms with van der Waals surface area (Å²) in [5.41, 5.74) is 12.8. The third-order valence-corrected chi connectivity index (χ3v) is 10.9. The maximum Gasteiger partial charge on any atom is 0.141 e. The molecular formula is C46H50N4O2. The number of hydrogen-bond donors (Lipinski definition) is 0. The zero-order valence-electron chi connectivity index (χ0n) is 31.8. The molecule has 0 amide bonds. The molecule has 52 heavy (non-hydrogen) atoms. The molecule has 0 fully saturated rings. The molecule has 0 saturated heterocycles. The van der Waals surface area contributed by atoms with Gasteiger partial charge in [-0.3, -0.25) is 4.57 Å². The van der Waals surface area contributed by atoms with Crippen LogP contribution in [0.1, 0.15) is 93.0 Å². The highest BCUT2D eigenvalue weighted by molar-refractivity contribution is 6.09. The average molecular weight is 691 g/mol. The molecule has 3 aromatic heterocycles. The molecule has 0 aliphatic rings. The van der Waals surface area contributed by atoms with Crippen LogP contribution in [-0.2, 0) is 0 Å². The summed E-state index contributed by atoms with van der Waals surface area (Å²) in [5.74, 6) is 3.95. The number of benzene rings is 4. The van der Waals surface area contributed by atoms with Crippen molar-refractivity contribution in [1.82, 2.24) is 19.3 Å². The molecule has 0 radical (unpaired) electrons. The molecule has 6 nitrogen and oxygen atoms in total. The Kier molecular flexibility index (Phi) is 9.92. The monoisotopic (exact) mass is 690 g/mol. The second kappa shape index (κ2) is 14.7. The van der Waals surface area contributed by atoms with E-state index >= 15 is 0 Å². The van der Waals surface area contributed by atoms with Gasteiger partial charge in [0.05, 0.1) is 30.0 Å². The molecule has 6 heteroatoms. The maximum atomic E-state index is 6.57. The van der Waals surface area contributed by atoms with Gasteiger partial charge in [0.2, 0.25) is 0 Å². The Morgan fingerprint density at radius 3 is 2.10 bits per heavy atom. The van der Waals surface area contributed by atoms with Crippen LogP contribution in [0.5, 0.6) is 17.2 Å². The van der Waals surface area contributed by atoms with E-state index in [-0.39, 0.29) is 0 Å². The molecule has 4 aromatic carbocycles. The van der Waals surface area contributed by atoms with Crippen molar-refractivity contribution in [2.45, 2.75) is 86.0 Å². The second-order valence-electron chi connectivity index (χ2n) is 14.3. The number of fused-ring (bicyclic) bond motifs is 3. The van der Waals surface area contributed by atoms with E-state index in [1.807, 2.05) is 35.0 Å². The van der Waals surface area contributed by atoms with E-state index in [9.17, 15) is 0 Å². The van der Waals surface area contributed by atoms with E-state index in [1.165, 1.54) is 38.9 Å². The van der Waals surface area contributed by atoms with E-state index in [0.717, 1.165) is 76.2 Å². The summed E-state index contributed by atoms with van der Waals surface area (Å²) in [6.45, 7) is 16.3. The molecule has 0 aliphatic heterocycles. The number of para-hydroxylation sites is 1. The zero-order valence-corrected chi connectivity index (χ0v) is 31.8. The minimum absolute atomic E-state index is 0.461. The molecular weight excluding hydrogens is 641 g/mol. The number of nitrogens with zero attached hydrogens (tertiary/aromatic N) is 4. The first-order valence-electron chi connectivity index (χ1n) is 18.7. The fraction of sp³-hybridized carbons (Fsp3) is 0.304. The molecule has 2 atom stereocenters. The van der Waals surface area contributed by atoms with E-state index in [4.69, 9.17) is 19.6 Å². The minimum Gasteiger partial charge on any atom is -0.497 e. The third kappa shape index (κ3) is 6.36. The van der Waals surface area contributed by atoms with Crippen LogP contribution in [0, 0.1) is 20.8 Å². The van der Waals surface area contributed by atoms with Gasteiger partial charge in [-0.25, -0.2) is 9.67 Å². The molecule has 3 heterocycles. The first-order valence-corrected chi connectivity index (χ1v) is 18.7. The Hall–Kier alpha value is -5.36. The molecule has 0 bridgehead atoms. The fourth-order valence-electron chi connectivity index (χ4n) is 8.23. The van der Waals surface area contributed by atoms with Crippen molar-refractivity contribution in [3.05, 3.63) is 125 Å². The number of hydrogen-bond acceptors (Lipinski definition) is 4. The highest BCUT2D eigenvalue weighted by Crippen LogP contribution is 2.44. The van der Waals surface area contributed by atoms with Gasteiger partial charge in [-0.1, -0.05) is 64.8 Å². The molecule has 0 aliphatic carbocycles. The van der Waals surface area contributed by atoms with E-state index in [1.54, 1.807) is 13.3 Å². The van der Waals surface area contributed by atoms with Gasteiger partial charge in [-0.05, 0) is 115 Å². The minimum atomic E-state index is 0.461. The van der Waals surface area contributed by atoms with Crippen molar-refractivity contribution in [2.24, 2.45) is 0 Å². The van der Waals surface area contributed by atoms with Gasteiger partial charge in [-0.15, -0.1) is 0 Å². The van der Waals surface area contributed by atoms with Crippen LogP contribution in [0.4, 0.5) is 0 Å². The molecule has 0 spiro atoms. The quantitative estimate of drug-likeness (QED) is 0.128. The standard InChI is InChI=1S/C46H50N4O2/c1-9-14-29(3)44-32(6)31(5)33(7)45(30(4)15-10-2)46(44)34-27-48-49(28-34)35-16-13-17-37(24-35)52-38-20-21-40-39-18-11-12-19-41(39)50(42(40)25-38)43-26-36(51-8)22-23-47-43/h11-13,16-30H,9-10,14-15H2,1-8H3/t29-,30?/m1/s1. The summed E-state index contributed by atoms with van der Waals surface area (Å²) in [6.07, 6.45) is 10.7.